The van der Waals surface area contributed by atoms with Gasteiger partial charge in [-0.05, 0) is 24.0 Å². The summed E-state index contributed by atoms with van der Waals surface area (Å²) >= 11 is 0. The highest BCUT2D eigenvalue weighted by Crippen LogP contribution is 2.33. The van der Waals surface area contributed by atoms with Crippen LogP contribution in [-0.2, 0) is 4.79 Å². The van der Waals surface area contributed by atoms with Gasteiger partial charge in [-0.25, -0.2) is 0 Å². The number of anilines is 1. The van der Waals surface area contributed by atoms with Crippen LogP contribution in [0.15, 0.2) is 24.3 Å². The largest absolute Gasteiger partial charge is 0.394 e. The van der Waals surface area contributed by atoms with E-state index in [0.29, 0.717) is 12.3 Å². The quantitative estimate of drug-likeness (QED) is 0.746. The Morgan fingerprint density at radius 3 is 2.90 bits per heavy atom. The number of carbonyl (C=O) groups excluding carboxylic acids is 1. The Bertz CT molecular complexity index is 460. The fourth-order valence-corrected chi connectivity index (χ4v) is 2.80. The number of para-hydroxylation sites is 1. The van der Waals surface area contributed by atoms with E-state index in [1.54, 1.807) is 0 Å². The Morgan fingerprint density at radius 1 is 1.45 bits per heavy atom. The van der Waals surface area contributed by atoms with Crippen LogP contribution in [0.25, 0.3) is 0 Å². The second-order valence-corrected chi connectivity index (χ2v) is 5.95. The molecule has 0 spiro atoms. The van der Waals surface area contributed by atoms with Crippen molar-refractivity contribution >= 4 is 11.6 Å². The molecule has 0 bridgehead atoms. The maximum Gasteiger partial charge on any atom is 0.220 e. The van der Waals surface area contributed by atoms with Gasteiger partial charge in [0.2, 0.25) is 5.91 Å². The standard InChI is InChI=1S/C16H24N2O2/c1-11(2)7-13(10-19)18-16(20)8-12-9-17-15-6-4-3-5-14(12)15/h3-6,11-13,17,19H,7-10H2,1-2H3,(H,18,20). The smallest absolute Gasteiger partial charge is 0.220 e. The first-order valence-electron chi connectivity index (χ1n) is 7.33. The van der Waals surface area contributed by atoms with E-state index in [4.69, 9.17) is 0 Å². The van der Waals surface area contributed by atoms with Crippen LogP contribution in [0.1, 0.15) is 38.2 Å². The van der Waals surface area contributed by atoms with Crippen LogP contribution in [0.2, 0.25) is 0 Å². The van der Waals surface area contributed by atoms with Crippen molar-refractivity contribution in [2.45, 2.75) is 38.6 Å². The van der Waals surface area contributed by atoms with Gasteiger partial charge in [-0.3, -0.25) is 4.79 Å². The summed E-state index contributed by atoms with van der Waals surface area (Å²) in [7, 11) is 0. The molecule has 20 heavy (non-hydrogen) atoms. The SMILES string of the molecule is CC(C)CC(CO)NC(=O)CC1CNc2ccccc21. The monoisotopic (exact) mass is 276 g/mol. The third-order valence-corrected chi connectivity index (χ3v) is 3.71. The minimum Gasteiger partial charge on any atom is -0.394 e. The van der Waals surface area contributed by atoms with E-state index in [1.165, 1.54) is 5.56 Å². The molecule has 110 valence electrons. The maximum atomic E-state index is 12.1. The normalized spacial score (nSPS) is 18.5. The molecule has 1 aliphatic heterocycles. The fourth-order valence-electron chi connectivity index (χ4n) is 2.80. The van der Waals surface area contributed by atoms with Crippen molar-refractivity contribution in [1.29, 1.82) is 0 Å². The van der Waals surface area contributed by atoms with Crippen LogP contribution in [-0.4, -0.2) is 30.2 Å². The van der Waals surface area contributed by atoms with Gasteiger partial charge in [0.05, 0.1) is 12.6 Å². The first-order valence-corrected chi connectivity index (χ1v) is 7.33. The molecule has 0 saturated carbocycles. The van der Waals surface area contributed by atoms with Gasteiger partial charge in [0, 0.05) is 24.6 Å². The lowest BCUT2D eigenvalue weighted by Gasteiger charge is -2.19. The zero-order valence-corrected chi connectivity index (χ0v) is 12.2. The van der Waals surface area contributed by atoms with Crippen LogP contribution in [0.4, 0.5) is 5.69 Å². The molecule has 0 aliphatic carbocycles. The van der Waals surface area contributed by atoms with E-state index in [-0.39, 0.29) is 24.5 Å². The molecule has 0 saturated heterocycles. The van der Waals surface area contributed by atoms with E-state index >= 15 is 0 Å². The summed E-state index contributed by atoms with van der Waals surface area (Å²) in [5, 5.41) is 15.6. The molecule has 0 aromatic heterocycles. The third kappa shape index (κ3) is 3.73. The van der Waals surface area contributed by atoms with Crippen molar-refractivity contribution in [2.75, 3.05) is 18.5 Å². The molecule has 0 fully saturated rings. The summed E-state index contributed by atoms with van der Waals surface area (Å²) in [5.41, 5.74) is 2.35. The number of nitrogens with one attached hydrogen (secondary N) is 2. The summed E-state index contributed by atoms with van der Waals surface area (Å²) in [6, 6.07) is 7.99. The average molecular weight is 276 g/mol. The molecule has 1 aliphatic rings. The number of hydrogen-bond donors (Lipinski definition) is 3. The number of carbonyl (C=O) groups is 1. The van der Waals surface area contributed by atoms with Gasteiger partial charge in [0.15, 0.2) is 0 Å². The molecule has 1 aromatic rings. The van der Waals surface area contributed by atoms with Crippen LogP contribution in [0, 0.1) is 5.92 Å². The van der Waals surface area contributed by atoms with E-state index in [9.17, 15) is 9.90 Å². The van der Waals surface area contributed by atoms with E-state index in [2.05, 4.69) is 30.5 Å². The highest BCUT2D eigenvalue weighted by Gasteiger charge is 2.24. The number of aliphatic hydroxyl groups is 1. The molecular weight excluding hydrogens is 252 g/mol. The Hall–Kier alpha value is -1.55. The Kier molecular flexibility index (Phi) is 5.01. The van der Waals surface area contributed by atoms with Crippen LogP contribution in [0.5, 0.6) is 0 Å². The van der Waals surface area contributed by atoms with E-state index < -0.39 is 0 Å². The van der Waals surface area contributed by atoms with Crippen LogP contribution in [0.3, 0.4) is 0 Å². The fraction of sp³-hybridized carbons (Fsp3) is 0.562. The maximum absolute atomic E-state index is 12.1. The number of hydrogen-bond acceptors (Lipinski definition) is 3. The zero-order chi connectivity index (χ0) is 14.5. The van der Waals surface area contributed by atoms with Gasteiger partial charge in [0.25, 0.3) is 0 Å². The summed E-state index contributed by atoms with van der Waals surface area (Å²) < 4.78 is 0. The minimum atomic E-state index is -0.132. The molecule has 1 aromatic carbocycles. The van der Waals surface area contributed by atoms with E-state index in [0.717, 1.165) is 18.7 Å². The Balaban J connectivity index is 1.89. The number of benzene rings is 1. The summed E-state index contributed by atoms with van der Waals surface area (Å²) in [6.45, 7) is 4.99. The van der Waals surface area contributed by atoms with Crippen molar-refractivity contribution < 1.29 is 9.90 Å². The first kappa shape index (κ1) is 14.9. The highest BCUT2D eigenvalue weighted by molar-refractivity contribution is 5.78. The average Bonchev–Trinajstić information content (AvgIpc) is 2.81. The van der Waals surface area contributed by atoms with Gasteiger partial charge >= 0.3 is 0 Å². The lowest BCUT2D eigenvalue weighted by atomic mass is 9.97. The molecule has 2 rings (SSSR count). The van der Waals surface area contributed by atoms with E-state index in [1.807, 2.05) is 18.2 Å². The Labute approximate surface area is 120 Å². The summed E-state index contributed by atoms with van der Waals surface area (Å²) in [4.78, 5) is 12.1. The number of fused-ring (bicyclic) bond motifs is 1. The van der Waals surface area contributed by atoms with Crippen molar-refractivity contribution in [3.63, 3.8) is 0 Å². The van der Waals surface area contributed by atoms with Crippen LogP contribution < -0.4 is 10.6 Å². The first-order chi connectivity index (χ1) is 9.60. The minimum absolute atomic E-state index is 0.00340. The molecule has 4 heteroatoms. The number of amides is 1. The molecule has 1 amide bonds. The molecule has 3 N–H and O–H groups in total. The predicted octanol–water partition coefficient (Wildman–Crippen LogP) is 2.11. The molecule has 4 nitrogen and oxygen atoms in total. The second-order valence-electron chi connectivity index (χ2n) is 5.95. The summed E-state index contributed by atoms with van der Waals surface area (Å²) in [6.07, 6.45) is 1.28. The molecule has 0 radical (unpaired) electrons. The van der Waals surface area contributed by atoms with Gasteiger partial charge in [-0.1, -0.05) is 32.0 Å². The van der Waals surface area contributed by atoms with Crippen molar-refractivity contribution in [1.82, 2.24) is 5.32 Å². The lowest BCUT2D eigenvalue weighted by molar-refractivity contribution is -0.122. The van der Waals surface area contributed by atoms with Gasteiger partial charge in [-0.2, -0.15) is 0 Å². The lowest BCUT2D eigenvalue weighted by Crippen LogP contribution is -2.39. The van der Waals surface area contributed by atoms with Gasteiger partial charge in [-0.15, -0.1) is 0 Å². The number of aliphatic hydroxyl groups excluding tert-OH is 1. The third-order valence-electron chi connectivity index (χ3n) is 3.71. The zero-order valence-electron chi connectivity index (χ0n) is 12.2. The van der Waals surface area contributed by atoms with Crippen molar-refractivity contribution in [2.24, 2.45) is 5.92 Å². The van der Waals surface area contributed by atoms with Crippen molar-refractivity contribution in [3.05, 3.63) is 29.8 Å². The second kappa shape index (κ2) is 6.75. The molecular formula is C16H24N2O2. The Morgan fingerprint density at radius 2 is 2.20 bits per heavy atom. The molecule has 1 heterocycles. The van der Waals surface area contributed by atoms with Gasteiger partial charge < -0.3 is 15.7 Å². The predicted molar refractivity (Wildman–Crippen MR) is 80.8 cm³/mol. The van der Waals surface area contributed by atoms with Crippen LogP contribution >= 0.6 is 0 Å². The molecule has 2 atom stereocenters. The molecule has 2 unspecified atom stereocenters. The summed E-state index contributed by atoms with van der Waals surface area (Å²) in [5.74, 6) is 0.708. The van der Waals surface area contributed by atoms with Gasteiger partial charge in [0.1, 0.15) is 0 Å². The van der Waals surface area contributed by atoms with Crippen molar-refractivity contribution in [3.8, 4) is 0 Å². The highest BCUT2D eigenvalue weighted by atomic mass is 16.3. The topological polar surface area (TPSA) is 61.4 Å². The number of rotatable bonds is 6.